The van der Waals surface area contributed by atoms with Crippen LogP contribution in [0.4, 0.5) is 5.00 Å². The summed E-state index contributed by atoms with van der Waals surface area (Å²) in [6.45, 7) is 2.13. The van der Waals surface area contributed by atoms with Gasteiger partial charge in [0, 0.05) is 4.88 Å². The number of hydrogen-bond donors (Lipinski definition) is 2. The van der Waals surface area contributed by atoms with Crippen molar-refractivity contribution in [1.29, 1.82) is 0 Å². The molecule has 0 bridgehead atoms. The Labute approximate surface area is 81.7 Å². The average Bonchev–Trinajstić information content (AvgIpc) is 2.43. The van der Waals surface area contributed by atoms with E-state index in [0.717, 1.165) is 24.1 Å². The van der Waals surface area contributed by atoms with Crippen LogP contribution in [0, 0.1) is 0 Å². The number of rotatable bonds is 4. The average molecular weight is 198 g/mol. The van der Waals surface area contributed by atoms with Crippen molar-refractivity contribution < 1.29 is 4.79 Å². The van der Waals surface area contributed by atoms with Crippen molar-refractivity contribution >= 4 is 22.2 Å². The van der Waals surface area contributed by atoms with E-state index in [2.05, 4.69) is 6.92 Å². The molecule has 0 aromatic carbocycles. The lowest BCUT2D eigenvalue weighted by atomic mass is 10.2. The minimum absolute atomic E-state index is 0.434. The number of carbonyl (C=O) groups excluding carboxylic acids is 1. The van der Waals surface area contributed by atoms with Gasteiger partial charge in [-0.3, -0.25) is 4.79 Å². The summed E-state index contributed by atoms with van der Waals surface area (Å²) in [5.41, 5.74) is 11.2. The molecule has 3 nitrogen and oxygen atoms in total. The number of thiophene rings is 1. The Bertz CT molecular complexity index is 307. The number of primary amides is 1. The fourth-order valence-corrected chi connectivity index (χ4v) is 2.10. The summed E-state index contributed by atoms with van der Waals surface area (Å²) in [6, 6.07) is 1.80. The molecular weight excluding hydrogens is 184 g/mol. The molecule has 0 radical (unpaired) electrons. The van der Waals surface area contributed by atoms with E-state index in [9.17, 15) is 4.79 Å². The van der Waals surface area contributed by atoms with Crippen molar-refractivity contribution in [3.63, 3.8) is 0 Å². The number of carbonyl (C=O) groups is 1. The SMILES string of the molecule is CCCCc1cc(C(N)=O)c(N)s1. The Balaban J connectivity index is 2.76. The highest BCUT2D eigenvalue weighted by molar-refractivity contribution is 7.16. The standard InChI is InChI=1S/C9H14N2OS/c1-2-3-4-6-5-7(8(10)12)9(11)13-6/h5H,2-4,11H2,1H3,(H2,10,12). The van der Waals surface area contributed by atoms with Gasteiger partial charge in [-0.2, -0.15) is 0 Å². The number of nitrogens with two attached hydrogens (primary N) is 2. The van der Waals surface area contributed by atoms with Crippen LogP contribution in [0.3, 0.4) is 0 Å². The second kappa shape index (κ2) is 4.28. The van der Waals surface area contributed by atoms with Crippen LogP contribution in [0.1, 0.15) is 35.0 Å². The number of hydrogen-bond acceptors (Lipinski definition) is 3. The summed E-state index contributed by atoms with van der Waals surface area (Å²) in [5.74, 6) is -0.434. The first-order chi connectivity index (χ1) is 6.15. The van der Waals surface area contributed by atoms with Crippen LogP contribution >= 0.6 is 11.3 Å². The molecule has 1 heterocycles. The van der Waals surface area contributed by atoms with E-state index in [-0.39, 0.29) is 0 Å². The third-order valence-electron chi connectivity index (χ3n) is 1.85. The molecule has 0 saturated heterocycles. The highest BCUT2D eigenvalue weighted by Gasteiger charge is 2.10. The maximum Gasteiger partial charge on any atom is 0.251 e. The Morgan fingerprint density at radius 2 is 2.31 bits per heavy atom. The quantitative estimate of drug-likeness (QED) is 0.774. The zero-order chi connectivity index (χ0) is 9.84. The molecule has 4 heteroatoms. The normalized spacial score (nSPS) is 10.2. The van der Waals surface area contributed by atoms with Crippen LogP contribution in [-0.2, 0) is 6.42 Å². The van der Waals surface area contributed by atoms with Gasteiger partial charge in [-0.25, -0.2) is 0 Å². The monoisotopic (exact) mass is 198 g/mol. The van der Waals surface area contributed by atoms with Crippen LogP contribution in [-0.4, -0.2) is 5.91 Å². The van der Waals surface area contributed by atoms with Crippen molar-refractivity contribution in [3.8, 4) is 0 Å². The van der Waals surface area contributed by atoms with Crippen LogP contribution in [0.15, 0.2) is 6.07 Å². The Morgan fingerprint density at radius 3 is 2.77 bits per heavy atom. The van der Waals surface area contributed by atoms with Gasteiger partial charge < -0.3 is 11.5 Å². The smallest absolute Gasteiger partial charge is 0.251 e. The number of anilines is 1. The molecular formula is C9H14N2OS. The number of unbranched alkanes of at least 4 members (excludes halogenated alkanes) is 1. The van der Waals surface area contributed by atoms with Gasteiger partial charge in [0.1, 0.15) is 0 Å². The Hall–Kier alpha value is -1.03. The molecule has 72 valence electrons. The van der Waals surface area contributed by atoms with E-state index >= 15 is 0 Å². The second-order valence-electron chi connectivity index (χ2n) is 2.96. The first-order valence-corrected chi connectivity index (χ1v) is 5.14. The Kier molecular flexibility index (Phi) is 3.31. The molecule has 0 aliphatic carbocycles. The number of amides is 1. The predicted molar refractivity (Wildman–Crippen MR) is 55.9 cm³/mol. The fraction of sp³-hybridized carbons (Fsp3) is 0.444. The van der Waals surface area contributed by atoms with Gasteiger partial charge in [-0.15, -0.1) is 11.3 Å². The molecule has 1 rings (SSSR count). The fourth-order valence-electron chi connectivity index (χ4n) is 1.12. The molecule has 13 heavy (non-hydrogen) atoms. The molecule has 0 atom stereocenters. The summed E-state index contributed by atoms with van der Waals surface area (Å²) < 4.78 is 0. The van der Waals surface area contributed by atoms with E-state index in [1.807, 2.05) is 0 Å². The molecule has 0 fully saturated rings. The lowest BCUT2D eigenvalue weighted by Crippen LogP contribution is -2.11. The molecule has 0 spiro atoms. The largest absolute Gasteiger partial charge is 0.390 e. The Morgan fingerprint density at radius 1 is 1.62 bits per heavy atom. The lowest BCUT2D eigenvalue weighted by Gasteiger charge is -1.91. The highest BCUT2D eigenvalue weighted by atomic mass is 32.1. The van der Waals surface area contributed by atoms with Gasteiger partial charge in [0.25, 0.3) is 5.91 Å². The maximum absolute atomic E-state index is 10.9. The molecule has 1 amide bonds. The van der Waals surface area contributed by atoms with Gasteiger partial charge >= 0.3 is 0 Å². The zero-order valence-corrected chi connectivity index (χ0v) is 8.49. The highest BCUT2D eigenvalue weighted by Crippen LogP contribution is 2.25. The first kappa shape index (κ1) is 10.1. The van der Waals surface area contributed by atoms with E-state index < -0.39 is 5.91 Å². The molecule has 0 aliphatic heterocycles. The second-order valence-corrected chi connectivity index (χ2v) is 4.13. The van der Waals surface area contributed by atoms with Crippen LogP contribution in [0.5, 0.6) is 0 Å². The van der Waals surface area contributed by atoms with Crippen LogP contribution < -0.4 is 11.5 Å². The van der Waals surface area contributed by atoms with Crippen molar-refractivity contribution in [2.24, 2.45) is 5.73 Å². The molecule has 1 aromatic rings. The molecule has 0 saturated carbocycles. The summed E-state index contributed by atoms with van der Waals surface area (Å²) >= 11 is 1.46. The molecule has 0 aliphatic rings. The summed E-state index contributed by atoms with van der Waals surface area (Å²) in [5, 5.41) is 0.540. The summed E-state index contributed by atoms with van der Waals surface area (Å²) in [7, 11) is 0. The maximum atomic E-state index is 10.9. The summed E-state index contributed by atoms with van der Waals surface area (Å²) in [4.78, 5) is 12.0. The topological polar surface area (TPSA) is 69.1 Å². The third kappa shape index (κ3) is 2.45. The number of aryl methyl sites for hydroxylation is 1. The minimum atomic E-state index is -0.434. The van der Waals surface area contributed by atoms with Crippen LogP contribution in [0.25, 0.3) is 0 Å². The van der Waals surface area contributed by atoms with Crippen molar-refractivity contribution in [1.82, 2.24) is 0 Å². The van der Waals surface area contributed by atoms with Crippen LogP contribution in [0.2, 0.25) is 0 Å². The van der Waals surface area contributed by atoms with E-state index in [4.69, 9.17) is 11.5 Å². The predicted octanol–water partition coefficient (Wildman–Crippen LogP) is 1.77. The van der Waals surface area contributed by atoms with E-state index in [1.165, 1.54) is 11.3 Å². The molecule has 4 N–H and O–H groups in total. The van der Waals surface area contributed by atoms with Crippen molar-refractivity contribution in [3.05, 3.63) is 16.5 Å². The van der Waals surface area contributed by atoms with Crippen molar-refractivity contribution in [2.45, 2.75) is 26.2 Å². The lowest BCUT2D eigenvalue weighted by molar-refractivity contribution is 0.100. The number of nitrogen functional groups attached to an aromatic ring is 1. The molecule has 1 aromatic heterocycles. The zero-order valence-electron chi connectivity index (χ0n) is 7.67. The van der Waals surface area contributed by atoms with Gasteiger partial charge in [-0.05, 0) is 18.9 Å². The summed E-state index contributed by atoms with van der Waals surface area (Å²) in [6.07, 6.45) is 3.25. The first-order valence-electron chi connectivity index (χ1n) is 4.33. The minimum Gasteiger partial charge on any atom is -0.390 e. The van der Waals surface area contributed by atoms with Crippen molar-refractivity contribution in [2.75, 3.05) is 5.73 Å². The molecule has 0 unspecified atom stereocenters. The van der Waals surface area contributed by atoms with Gasteiger partial charge in [0.05, 0.1) is 10.6 Å². The van der Waals surface area contributed by atoms with Gasteiger partial charge in [0.2, 0.25) is 0 Å². The van der Waals surface area contributed by atoms with E-state index in [0.29, 0.717) is 10.6 Å². The van der Waals surface area contributed by atoms with E-state index in [1.54, 1.807) is 6.07 Å². The van der Waals surface area contributed by atoms with Gasteiger partial charge in [0.15, 0.2) is 0 Å². The van der Waals surface area contributed by atoms with Gasteiger partial charge in [-0.1, -0.05) is 13.3 Å². The third-order valence-corrected chi connectivity index (χ3v) is 2.88.